The summed E-state index contributed by atoms with van der Waals surface area (Å²) in [6, 6.07) is 3.17. The normalized spacial score (nSPS) is 18.6. The highest BCUT2D eigenvalue weighted by molar-refractivity contribution is 5.82. The number of hydrogen-bond donors (Lipinski definition) is 1. The molecule has 1 saturated carbocycles. The second-order valence-corrected chi connectivity index (χ2v) is 6.41. The van der Waals surface area contributed by atoms with Crippen molar-refractivity contribution in [3.05, 3.63) is 53.5 Å². The van der Waals surface area contributed by atoms with Crippen molar-refractivity contribution in [1.82, 2.24) is 15.3 Å². The molecule has 5 nitrogen and oxygen atoms in total. The zero-order chi connectivity index (χ0) is 20.3. The zero-order valence-corrected chi connectivity index (χ0v) is 14.5. The Morgan fingerprint density at radius 2 is 2.00 bits per heavy atom. The molecule has 2 aromatic rings. The molecule has 1 aliphatic carbocycles. The topological polar surface area (TPSA) is 64.1 Å². The number of nitrogens with one attached hydrogen (secondary N) is 1. The molecule has 1 fully saturated rings. The van der Waals surface area contributed by atoms with E-state index in [1.807, 2.05) is 0 Å². The number of carbonyl (C=O) groups excluding carboxylic acids is 1. The van der Waals surface area contributed by atoms with Gasteiger partial charge in [0.25, 0.3) is 0 Å². The lowest BCUT2D eigenvalue weighted by Gasteiger charge is -2.08. The number of aromatic nitrogens is 2. The van der Waals surface area contributed by atoms with E-state index in [-0.39, 0.29) is 29.8 Å². The van der Waals surface area contributed by atoms with Gasteiger partial charge in [-0.05, 0) is 36.1 Å². The first-order valence-electron chi connectivity index (χ1n) is 8.46. The Labute approximate surface area is 156 Å². The van der Waals surface area contributed by atoms with Crippen LogP contribution in [-0.4, -0.2) is 35.2 Å². The average molecular weight is 401 g/mol. The van der Waals surface area contributed by atoms with Gasteiger partial charge < -0.3 is 10.1 Å². The average Bonchev–Trinajstić information content (AvgIpc) is 3.43. The van der Waals surface area contributed by atoms with Crippen LogP contribution in [0, 0.1) is 17.6 Å². The number of ether oxygens (including phenoxy) is 1. The van der Waals surface area contributed by atoms with Gasteiger partial charge in [-0.25, -0.2) is 13.8 Å². The molecule has 1 aliphatic rings. The number of hydrogen-bond acceptors (Lipinski definition) is 4. The highest BCUT2D eigenvalue weighted by atomic mass is 19.4. The zero-order valence-electron chi connectivity index (χ0n) is 14.5. The number of nitrogens with zero attached hydrogens (tertiary/aromatic N) is 2. The molecule has 10 heteroatoms. The molecule has 0 spiro atoms. The summed E-state index contributed by atoms with van der Waals surface area (Å²) in [7, 11) is 0. The van der Waals surface area contributed by atoms with Crippen molar-refractivity contribution in [3.63, 3.8) is 0 Å². The van der Waals surface area contributed by atoms with Crippen LogP contribution in [0.25, 0.3) is 0 Å². The van der Waals surface area contributed by atoms with Crippen molar-refractivity contribution < 1.29 is 31.5 Å². The number of amides is 1. The van der Waals surface area contributed by atoms with Gasteiger partial charge in [-0.15, -0.1) is 0 Å². The lowest BCUT2D eigenvalue weighted by Crippen LogP contribution is -2.27. The van der Waals surface area contributed by atoms with Crippen molar-refractivity contribution >= 4 is 5.91 Å². The number of benzene rings is 1. The molecular formula is C18H16F5N3O2. The quantitative estimate of drug-likeness (QED) is 0.724. The molecule has 1 aromatic heterocycles. The van der Waals surface area contributed by atoms with Gasteiger partial charge >= 0.3 is 6.18 Å². The fourth-order valence-corrected chi connectivity index (χ4v) is 2.77. The molecule has 0 aliphatic heterocycles. The number of alkyl halides is 3. The van der Waals surface area contributed by atoms with E-state index >= 15 is 0 Å². The van der Waals surface area contributed by atoms with E-state index in [1.165, 1.54) is 6.20 Å². The predicted molar refractivity (Wildman–Crippen MR) is 87.5 cm³/mol. The van der Waals surface area contributed by atoms with Crippen LogP contribution in [-0.2, 0) is 11.2 Å². The summed E-state index contributed by atoms with van der Waals surface area (Å²) in [6.07, 6.45) is -1.37. The van der Waals surface area contributed by atoms with Crippen LogP contribution in [0.3, 0.4) is 0 Å². The van der Waals surface area contributed by atoms with Crippen LogP contribution < -0.4 is 10.1 Å². The standard InChI is InChI=1S/C18H16F5N3O2/c19-10-1-2-15(20)13(5-10)12-6-14(12)17(27)24-4-3-11-7-26-16(8-25-11)28-9-18(21,22)23/h1-2,5,7-8,12,14H,3-4,6,9H2,(H,24,27). The summed E-state index contributed by atoms with van der Waals surface area (Å²) >= 11 is 0. The van der Waals surface area contributed by atoms with Gasteiger partial charge in [-0.2, -0.15) is 13.2 Å². The van der Waals surface area contributed by atoms with E-state index in [1.54, 1.807) is 0 Å². The Balaban J connectivity index is 1.43. The fourth-order valence-electron chi connectivity index (χ4n) is 2.77. The van der Waals surface area contributed by atoms with E-state index < -0.39 is 30.3 Å². The third-order valence-corrected chi connectivity index (χ3v) is 4.23. The molecule has 1 amide bonds. The molecule has 0 radical (unpaired) electrons. The Bertz CT molecular complexity index is 842. The highest BCUT2D eigenvalue weighted by Gasteiger charge is 2.45. The van der Waals surface area contributed by atoms with Crippen LogP contribution in [0.1, 0.15) is 23.6 Å². The van der Waals surface area contributed by atoms with Crippen LogP contribution in [0.5, 0.6) is 5.88 Å². The molecule has 1 aromatic carbocycles. The third kappa shape index (κ3) is 5.37. The molecular weight excluding hydrogens is 385 g/mol. The summed E-state index contributed by atoms with van der Waals surface area (Å²) in [6.45, 7) is -1.23. The fraction of sp³-hybridized carbons (Fsp3) is 0.389. The van der Waals surface area contributed by atoms with Crippen molar-refractivity contribution in [1.29, 1.82) is 0 Å². The van der Waals surface area contributed by atoms with Gasteiger partial charge in [0, 0.05) is 18.9 Å². The van der Waals surface area contributed by atoms with Crippen LogP contribution in [0.15, 0.2) is 30.6 Å². The summed E-state index contributed by atoms with van der Waals surface area (Å²) in [4.78, 5) is 19.8. The van der Waals surface area contributed by atoms with Gasteiger partial charge in [-0.3, -0.25) is 9.78 Å². The molecule has 150 valence electrons. The summed E-state index contributed by atoms with van der Waals surface area (Å²) < 4.78 is 67.6. The maximum absolute atomic E-state index is 13.7. The lowest BCUT2D eigenvalue weighted by atomic mass is 10.1. The molecule has 1 heterocycles. The Kier molecular flexibility index (Phi) is 5.76. The molecule has 0 bridgehead atoms. The van der Waals surface area contributed by atoms with E-state index in [0.717, 1.165) is 24.4 Å². The van der Waals surface area contributed by atoms with E-state index in [4.69, 9.17) is 0 Å². The Morgan fingerprint density at radius 1 is 1.21 bits per heavy atom. The lowest BCUT2D eigenvalue weighted by molar-refractivity contribution is -0.154. The number of carbonyl (C=O) groups is 1. The predicted octanol–water partition coefficient (Wildman–Crippen LogP) is 3.16. The minimum atomic E-state index is -4.46. The third-order valence-electron chi connectivity index (χ3n) is 4.23. The first-order chi connectivity index (χ1) is 13.2. The van der Waals surface area contributed by atoms with Gasteiger partial charge in [0.2, 0.25) is 11.8 Å². The van der Waals surface area contributed by atoms with Crippen LogP contribution in [0.2, 0.25) is 0 Å². The largest absolute Gasteiger partial charge is 0.467 e. The smallest absolute Gasteiger partial charge is 0.422 e. The Hall–Kier alpha value is -2.78. The van der Waals surface area contributed by atoms with E-state index in [9.17, 15) is 26.7 Å². The van der Waals surface area contributed by atoms with Gasteiger partial charge in [0.1, 0.15) is 11.6 Å². The number of halogens is 5. The highest BCUT2D eigenvalue weighted by Crippen LogP contribution is 2.48. The molecule has 2 unspecified atom stereocenters. The molecule has 28 heavy (non-hydrogen) atoms. The maximum Gasteiger partial charge on any atom is 0.422 e. The minimum absolute atomic E-state index is 0.195. The van der Waals surface area contributed by atoms with Crippen molar-refractivity contribution in [2.45, 2.75) is 24.9 Å². The van der Waals surface area contributed by atoms with Crippen molar-refractivity contribution in [2.24, 2.45) is 5.92 Å². The second-order valence-electron chi connectivity index (χ2n) is 6.41. The maximum atomic E-state index is 13.7. The van der Waals surface area contributed by atoms with Gasteiger partial charge in [-0.1, -0.05) is 0 Å². The first kappa shape index (κ1) is 20.0. The minimum Gasteiger partial charge on any atom is -0.467 e. The SMILES string of the molecule is O=C(NCCc1cnc(OCC(F)(F)F)cn1)C1CC1c1cc(F)ccc1F. The summed E-state index contributed by atoms with van der Waals surface area (Å²) in [5.41, 5.74) is 0.656. The van der Waals surface area contributed by atoms with Crippen molar-refractivity contribution in [2.75, 3.05) is 13.2 Å². The van der Waals surface area contributed by atoms with Crippen LogP contribution >= 0.6 is 0 Å². The summed E-state index contributed by atoms with van der Waals surface area (Å²) in [5, 5.41) is 2.68. The van der Waals surface area contributed by atoms with Gasteiger partial charge in [0.15, 0.2) is 6.61 Å². The summed E-state index contributed by atoms with van der Waals surface area (Å²) in [5.74, 6) is -2.37. The van der Waals surface area contributed by atoms with E-state index in [2.05, 4.69) is 20.0 Å². The van der Waals surface area contributed by atoms with E-state index in [0.29, 0.717) is 18.5 Å². The molecule has 0 saturated heterocycles. The monoisotopic (exact) mass is 401 g/mol. The molecule has 3 rings (SSSR count). The Morgan fingerprint density at radius 3 is 2.68 bits per heavy atom. The first-order valence-corrected chi connectivity index (χ1v) is 8.46. The number of rotatable bonds is 7. The van der Waals surface area contributed by atoms with Gasteiger partial charge in [0.05, 0.1) is 18.1 Å². The second kappa shape index (κ2) is 8.07. The molecule has 1 N–H and O–H groups in total. The molecule has 2 atom stereocenters. The van der Waals surface area contributed by atoms with Crippen molar-refractivity contribution in [3.8, 4) is 5.88 Å². The van der Waals surface area contributed by atoms with Crippen LogP contribution in [0.4, 0.5) is 22.0 Å².